The van der Waals surface area contributed by atoms with Gasteiger partial charge in [-0.25, -0.2) is 4.79 Å². The first-order valence-electron chi connectivity index (χ1n) is 10.6. The summed E-state index contributed by atoms with van der Waals surface area (Å²) in [6, 6.07) is -5.17. The zero-order valence-corrected chi connectivity index (χ0v) is 20.4. The van der Waals surface area contributed by atoms with Gasteiger partial charge in [0.25, 0.3) is 0 Å². The lowest BCUT2D eigenvalue weighted by molar-refractivity contribution is -0.145. The standard InChI is InChI=1S/C19H37N7O7S/c1-9(27)13(25-15(29)11(20)5-4-7-23-19(21)22)17(31)24-12(6-8-34-3)16(30)26-14(10(2)28)18(32)33/h9-14,27-28H,4-8,20H2,1-3H3,(H,24,31)(H,25,29)(H,26,30)(H,32,33)(H4,21,22,23). The van der Waals surface area contributed by atoms with E-state index in [4.69, 9.17) is 17.2 Å². The molecule has 0 heterocycles. The van der Waals surface area contributed by atoms with E-state index in [1.165, 1.54) is 25.6 Å². The molecule has 6 atom stereocenters. The van der Waals surface area contributed by atoms with Crippen LogP contribution in [0.2, 0.25) is 0 Å². The lowest BCUT2D eigenvalue weighted by Gasteiger charge is -2.26. The van der Waals surface area contributed by atoms with Gasteiger partial charge in [0.05, 0.1) is 18.2 Å². The molecule has 0 fully saturated rings. The Kier molecular flexibility index (Phi) is 14.8. The van der Waals surface area contributed by atoms with E-state index in [9.17, 15) is 34.5 Å². The first-order chi connectivity index (χ1) is 15.8. The average molecular weight is 508 g/mol. The van der Waals surface area contributed by atoms with Crippen molar-refractivity contribution >= 4 is 41.4 Å². The Morgan fingerprint density at radius 3 is 1.94 bits per heavy atom. The lowest BCUT2D eigenvalue weighted by Crippen LogP contribution is -2.60. The third-order valence-electron chi connectivity index (χ3n) is 4.66. The molecule has 0 saturated carbocycles. The van der Waals surface area contributed by atoms with E-state index in [2.05, 4.69) is 20.9 Å². The minimum absolute atomic E-state index is 0.0907. The van der Waals surface area contributed by atoms with Crippen LogP contribution in [-0.2, 0) is 19.2 Å². The average Bonchev–Trinajstić information content (AvgIpc) is 2.74. The number of carboxylic acid groups (broad SMARTS) is 1. The number of rotatable bonds is 16. The molecule has 12 N–H and O–H groups in total. The monoisotopic (exact) mass is 507 g/mol. The van der Waals surface area contributed by atoms with Crippen LogP contribution in [0.5, 0.6) is 0 Å². The van der Waals surface area contributed by atoms with E-state index in [1.54, 1.807) is 6.26 Å². The number of guanidine groups is 1. The minimum atomic E-state index is -1.58. The van der Waals surface area contributed by atoms with Crippen molar-refractivity contribution in [2.75, 3.05) is 18.6 Å². The third-order valence-corrected chi connectivity index (χ3v) is 5.30. The summed E-state index contributed by atoms with van der Waals surface area (Å²) in [6.45, 7) is 2.74. The highest BCUT2D eigenvalue weighted by molar-refractivity contribution is 7.98. The van der Waals surface area contributed by atoms with Gasteiger partial charge in [-0.05, 0) is 45.1 Å². The second-order valence-corrected chi connectivity index (χ2v) is 8.68. The Bertz CT molecular complexity index is 717. The zero-order valence-electron chi connectivity index (χ0n) is 19.6. The van der Waals surface area contributed by atoms with Gasteiger partial charge < -0.3 is 48.5 Å². The van der Waals surface area contributed by atoms with Gasteiger partial charge in [0.15, 0.2) is 12.0 Å². The predicted octanol–water partition coefficient (Wildman–Crippen LogP) is -3.58. The van der Waals surface area contributed by atoms with Crippen molar-refractivity contribution in [3.63, 3.8) is 0 Å². The second-order valence-electron chi connectivity index (χ2n) is 7.69. The molecular formula is C19H37N7O7S. The number of aliphatic carboxylic acids is 1. The van der Waals surface area contributed by atoms with Crippen LogP contribution in [0.4, 0.5) is 0 Å². The summed E-state index contributed by atoms with van der Waals surface area (Å²) in [5.41, 5.74) is 16.3. The largest absolute Gasteiger partial charge is 0.480 e. The molecule has 0 spiro atoms. The Morgan fingerprint density at radius 1 is 0.912 bits per heavy atom. The fraction of sp³-hybridized carbons (Fsp3) is 0.737. The number of nitrogens with one attached hydrogen (secondary N) is 3. The molecule has 34 heavy (non-hydrogen) atoms. The highest BCUT2D eigenvalue weighted by atomic mass is 32.2. The molecular weight excluding hydrogens is 470 g/mol. The Labute approximate surface area is 202 Å². The SMILES string of the molecule is CSCCC(NC(=O)C(NC(=O)C(N)CCCN=C(N)N)C(C)O)C(=O)NC(C(=O)O)C(C)O. The Balaban J connectivity index is 5.26. The summed E-state index contributed by atoms with van der Waals surface area (Å²) >= 11 is 1.39. The highest BCUT2D eigenvalue weighted by Crippen LogP contribution is 2.05. The number of carbonyl (C=O) groups excluding carboxylic acids is 3. The van der Waals surface area contributed by atoms with Crippen molar-refractivity contribution in [3.8, 4) is 0 Å². The lowest BCUT2D eigenvalue weighted by atomic mass is 10.1. The summed E-state index contributed by atoms with van der Waals surface area (Å²) in [5.74, 6) is -3.48. The third kappa shape index (κ3) is 12.0. The van der Waals surface area contributed by atoms with Crippen molar-refractivity contribution in [1.82, 2.24) is 16.0 Å². The molecule has 0 aliphatic rings. The molecule has 0 rings (SSSR count). The number of aliphatic hydroxyl groups is 2. The molecule has 0 aromatic heterocycles. The molecule has 0 bridgehead atoms. The van der Waals surface area contributed by atoms with Gasteiger partial charge in [-0.1, -0.05) is 0 Å². The molecule has 196 valence electrons. The van der Waals surface area contributed by atoms with Crippen molar-refractivity contribution in [3.05, 3.63) is 0 Å². The molecule has 0 aromatic rings. The first-order valence-corrected chi connectivity index (χ1v) is 12.0. The second kappa shape index (κ2) is 16.1. The van der Waals surface area contributed by atoms with Gasteiger partial charge in [-0.2, -0.15) is 11.8 Å². The van der Waals surface area contributed by atoms with Gasteiger partial charge in [0, 0.05) is 6.54 Å². The summed E-state index contributed by atoms with van der Waals surface area (Å²) in [6.07, 6.45) is -0.174. The van der Waals surface area contributed by atoms with Gasteiger partial charge in [-0.3, -0.25) is 19.4 Å². The number of thioether (sulfide) groups is 1. The van der Waals surface area contributed by atoms with Gasteiger partial charge >= 0.3 is 5.97 Å². The van der Waals surface area contributed by atoms with E-state index in [0.717, 1.165) is 0 Å². The molecule has 0 radical (unpaired) electrons. The van der Waals surface area contributed by atoms with Gasteiger partial charge in [-0.15, -0.1) is 0 Å². The van der Waals surface area contributed by atoms with E-state index in [1.807, 2.05) is 0 Å². The number of amides is 3. The van der Waals surface area contributed by atoms with Crippen LogP contribution in [-0.4, -0.2) is 99.9 Å². The van der Waals surface area contributed by atoms with Crippen molar-refractivity contribution < 1.29 is 34.5 Å². The summed E-state index contributed by atoms with van der Waals surface area (Å²) in [4.78, 5) is 52.8. The first kappa shape index (κ1) is 31.4. The number of nitrogens with zero attached hydrogens (tertiary/aromatic N) is 1. The summed E-state index contributed by atoms with van der Waals surface area (Å²) < 4.78 is 0. The molecule has 0 aliphatic heterocycles. The van der Waals surface area contributed by atoms with Crippen LogP contribution in [0.3, 0.4) is 0 Å². The molecule has 15 heteroatoms. The number of hydrogen-bond donors (Lipinski definition) is 9. The molecule has 6 unspecified atom stereocenters. The molecule has 0 aromatic carbocycles. The van der Waals surface area contributed by atoms with Gasteiger partial charge in [0.2, 0.25) is 17.7 Å². The zero-order chi connectivity index (χ0) is 26.4. The molecule has 0 aliphatic carbocycles. The number of nitrogens with two attached hydrogens (primary N) is 3. The van der Waals surface area contributed by atoms with E-state index in [0.29, 0.717) is 12.2 Å². The maximum Gasteiger partial charge on any atom is 0.328 e. The molecule has 0 saturated heterocycles. The Hall–Kier alpha value is -2.62. The maximum absolute atomic E-state index is 12.8. The van der Waals surface area contributed by atoms with E-state index >= 15 is 0 Å². The topological polar surface area (TPSA) is 255 Å². The summed E-state index contributed by atoms with van der Waals surface area (Å²) in [7, 11) is 0. The molecule has 14 nitrogen and oxygen atoms in total. The fourth-order valence-corrected chi connectivity index (χ4v) is 3.20. The number of aliphatic imine (C=N–C) groups is 1. The van der Waals surface area contributed by atoms with Crippen LogP contribution in [0, 0.1) is 0 Å². The summed E-state index contributed by atoms with van der Waals surface area (Å²) in [5, 5.41) is 35.8. The highest BCUT2D eigenvalue weighted by Gasteiger charge is 2.33. The minimum Gasteiger partial charge on any atom is -0.480 e. The van der Waals surface area contributed by atoms with Gasteiger partial charge in [0.1, 0.15) is 12.1 Å². The quantitative estimate of drug-likeness (QED) is 0.0560. The number of hydrogen-bond acceptors (Lipinski definition) is 9. The van der Waals surface area contributed by atoms with E-state index < -0.39 is 60.1 Å². The maximum atomic E-state index is 12.8. The van der Waals surface area contributed by atoms with Crippen LogP contribution in [0.15, 0.2) is 4.99 Å². The fourth-order valence-electron chi connectivity index (χ4n) is 2.72. The van der Waals surface area contributed by atoms with Crippen molar-refractivity contribution in [2.24, 2.45) is 22.2 Å². The number of carbonyl (C=O) groups is 4. The van der Waals surface area contributed by atoms with Crippen LogP contribution in [0.1, 0.15) is 33.1 Å². The van der Waals surface area contributed by atoms with Crippen molar-refractivity contribution in [1.29, 1.82) is 0 Å². The van der Waals surface area contributed by atoms with Crippen LogP contribution in [0.25, 0.3) is 0 Å². The number of aliphatic hydroxyl groups excluding tert-OH is 2. The predicted molar refractivity (Wildman–Crippen MR) is 128 cm³/mol. The van der Waals surface area contributed by atoms with Crippen LogP contribution >= 0.6 is 11.8 Å². The normalized spacial score (nSPS) is 16.2. The van der Waals surface area contributed by atoms with E-state index in [-0.39, 0.29) is 25.3 Å². The van der Waals surface area contributed by atoms with Crippen molar-refractivity contribution in [2.45, 2.75) is 69.5 Å². The number of carboxylic acids is 1. The van der Waals surface area contributed by atoms with Crippen LogP contribution < -0.4 is 33.2 Å². The molecule has 3 amide bonds. The smallest absolute Gasteiger partial charge is 0.328 e. The Morgan fingerprint density at radius 2 is 1.47 bits per heavy atom.